The molecule has 2 aromatic rings. The van der Waals surface area contributed by atoms with E-state index in [2.05, 4.69) is 30.8 Å². The first-order chi connectivity index (χ1) is 35.9. The summed E-state index contributed by atoms with van der Waals surface area (Å²) in [5.74, 6) is -8.62. The monoisotopic (exact) mass is 1090 g/mol. The molecule has 10 N–H and O–H groups in total. The Morgan fingerprint density at radius 2 is 1.53 bits per heavy atom. The van der Waals surface area contributed by atoms with E-state index in [4.69, 9.17) is 19.8 Å². The fourth-order valence-corrected chi connectivity index (χ4v) is 9.22. The van der Waals surface area contributed by atoms with E-state index in [0.29, 0.717) is 30.4 Å². The Kier molecular flexibility index (Phi) is 24.0. The minimum absolute atomic E-state index is 0.0457. The van der Waals surface area contributed by atoms with Crippen LogP contribution in [-0.4, -0.2) is 168 Å². The maximum absolute atomic E-state index is 15.0. The largest absolute Gasteiger partial charge is 0.508 e. The number of aliphatic hydroxyl groups is 1. The number of piperidine rings is 1. The number of cyclic esters (lactones) is 1. The van der Waals surface area contributed by atoms with Crippen LogP contribution in [0, 0.1) is 11.8 Å². The zero-order chi connectivity index (χ0) is 56.4. The zero-order valence-electron chi connectivity index (χ0n) is 44.1. The third kappa shape index (κ3) is 17.7. The molecular formula is C51H76N8O16S. The van der Waals surface area contributed by atoms with Crippen molar-refractivity contribution in [2.45, 2.75) is 160 Å². The number of ether oxygens (including phenoxy) is 2. The van der Waals surface area contributed by atoms with Crippen LogP contribution in [0.5, 0.6) is 5.75 Å². The van der Waals surface area contributed by atoms with Crippen LogP contribution in [0.3, 0.4) is 0 Å². The molecule has 0 spiro atoms. The van der Waals surface area contributed by atoms with Gasteiger partial charge in [0.25, 0.3) is 5.91 Å². The third-order valence-electron chi connectivity index (χ3n) is 14.0. The molecule has 2 aliphatic rings. The Balaban J connectivity index is 1.87. The van der Waals surface area contributed by atoms with Gasteiger partial charge in [-0.05, 0) is 93.5 Å². The van der Waals surface area contributed by atoms with Crippen LogP contribution in [0.15, 0.2) is 54.6 Å². The van der Waals surface area contributed by atoms with Crippen molar-refractivity contribution in [3.8, 4) is 5.75 Å². The Morgan fingerprint density at radius 3 is 2.13 bits per heavy atom. The van der Waals surface area contributed by atoms with Crippen molar-refractivity contribution in [2.75, 3.05) is 27.3 Å². The van der Waals surface area contributed by atoms with Gasteiger partial charge in [0.05, 0.1) is 0 Å². The number of nitrogens with two attached hydrogens (primary N) is 1. The summed E-state index contributed by atoms with van der Waals surface area (Å²) in [4.78, 5) is 119. The second-order valence-corrected chi connectivity index (χ2v) is 20.5. The lowest BCUT2D eigenvalue weighted by Crippen LogP contribution is -2.66. The average molecular weight is 1090 g/mol. The second-order valence-electron chi connectivity index (χ2n) is 19.4. The average Bonchev–Trinajstić information content (AvgIpc) is 3.38. The molecule has 24 nitrogen and oxygen atoms in total. The molecule has 0 aromatic heterocycles. The van der Waals surface area contributed by atoms with E-state index in [9.17, 15) is 57.0 Å². The van der Waals surface area contributed by atoms with E-state index in [-0.39, 0.29) is 57.2 Å². The molecule has 422 valence electrons. The lowest BCUT2D eigenvalue weighted by atomic mass is 9.91. The van der Waals surface area contributed by atoms with Gasteiger partial charge in [-0.1, -0.05) is 83.0 Å². The van der Waals surface area contributed by atoms with Crippen molar-refractivity contribution in [1.82, 2.24) is 36.4 Å². The second kappa shape index (κ2) is 29.3. The van der Waals surface area contributed by atoms with Gasteiger partial charge < -0.3 is 61.8 Å². The zero-order valence-corrected chi connectivity index (χ0v) is 45.0. The smallest absolute Gasteiger partial charge is 0.397 e. The highest BCUT2D eigenvalue weighted by molar-refractivity contribution is 7.80. The molecule has 5 unspecified atom stereocenters. The number of likely N-dealkylation sites (N-methyl/N-ethyl adjacent to an activating group) is 1. The number of amides is 7. The minimum Gasteiger partial charge on any atom is -0.508 e. The predicted octanol–water partition coefficient (Wildman–Crippen LogP) is 0.129. The number of benzene rings is 2. The van der Waals surface area contributed by atoms with Crippen LogP contribution in [0.1, 0.15) is 97.1 Å². The summed E-state index contributed by atoms with van der Waals surface area (Å²) in [7, 11) is -2.60. The maximum Gasteiger partial charge on any atom is 0.397 e. The van der Waals surface area contributed by atoms with E-state index in [0.717, 1.165) is 12.0 Å². The molecule has 2 saturated heterocycles. The molecule has 0 radical (unpaired) electrons. The van der Waals surface area contributed by atoms with E-state index in [1.165, 1.54) is 31.0 Å². The van der Waals surface area contributed by atoms with Gasteiger partial charge in [0, 0.05) is 20.6 Å². The van der Waals surface area contributed by atoms with Crippen LogP contribution in [0.4, 0.5) is 0 Å². The molecule has 76 heavy (non-hydrogen) atoms. The molecule has 2 bridgehead atoms. The predicted molar refractivity (Wildman–Crippen MR) is 274 cm³/mol. The number of esters is 1. The summed E-state index contributed by atoms with van der Waals surface area (Å²) in [6.45, 7) is 7.43. The summed E-state index contributed by atoms with van der Waals surface area (Å²) >= 11 is 0. The van der Waals surface area contributed by atoms with Crippen molar-refractivity contribution >= 4 is 57.7 Å². The number of aromatic hydroxyl groups is 1. The van der Waals surface area contributed by atoms with Gasteiger partial charge in [0.1, 0.15) is 67.0 Å². The summed E-state index contributed by atoms with van der Waals surface area (Å²) < 4.78 is 47.3. The number of phenolic OH excluding ortho intramolecular Hbond substituents is 1. The summed E-state index contributed by atoms with van der Waals surface area (Å²) in [5.41, 5.74) is 7.03. The quantitative estimate of drug-likeness (QED) is 0.0456. The number of unbranched alkanes of at least 4 members (excludes halogenated alkanes) is 1. The fourth-order valence-electron chi connectivity index (χ4n) is 8.92. The highest BCUT2D eigenvalue weighted by atomic mass is 32.3. The number of aliphatic hydroxyl groups excluding tert-OH is 1. The van der Waals surface area contributed by atoms with Gasteiger partial charge in [-0.25, -0.2) is 8.98 Å². The van der Waals surface area contributed by atoms with Crippen molar-refractivity contribution < 1.29 is 75.2 Å². The number of fused-ring (bicyclic) bond motifs is 2. The molecule has 7 amide bonds. The molecule has 0 aliphatic carbocycles. The van der Waals surface area contributed by atoms with Crippen LogP contribution in [-0.2, 0) is 75.3 Å². The highest BCUT2D eigenvalue weighted by Crippen LogP contribution is 2.28. The number of nitrogens with zero attached hydrogens (tertiary/aromatic N) is 2. The number of aryl methyl sites for hydroxylation is 1. The Labute approximate surface area is 443 Å². The molecular weight excluding hydrogens is 1010 g/mol. The van der Waals surface area contributed by atoms with Crippen LogP contribution < -0.4 is 32.3 Å². The van der Waals surface area contributed by atoms with E-state index in [1.807, 2.05) is 0 Å². The van der Waals surface area contributed by atoms with Crippen LogP contribution in [0.25, 0.3) is 0 Å². The third-order valence-corrected chi connectivity index (χ3v) is 14.4. The van der Waals surface area contributed by atoms with Gasteiger partial charge in [-0.15, -0.1) is 0 Å². The van der Waals surface area contributed by atoms with E-state index in [1.54, 1.807) is 70.2 Å². The molecule has 0 saturated carbocycles. The number of carbonyl (C=O) groups excluding carboxylic acids is 8. The summed E-state index contributed by atoms with van der Waals surface area (Å²) in [6.07, 6.45) is -3.80. The minimum atomic E-state index is -5.04. The molecule has 2 heterocycles. The number of hydrogen-bond donors (Lipinski definition) is 9. The SMILES string of the molecule is CCC(C)C1C(=O)N(C)[C@@H](Cc2ccccc2)C(=O)N[C@@H](C(C)CC)C(=O)O[C@H](C)C(NC(=O)[C@@H](CCc2ccc(O)cc2)NC(=O)[C@@H](COS(=O)(=O)O)OC)C(=O)NC(CCCCN)C(=O)N[C@H]2CC[C@@H](O)N1C2=O. The summed E-state index contributed by atoms with van der Waals surface area (Å²) in [5, 5.41) is 34.5. The van der Waals surface area contributed by atoms with Gasteiger partial charge in [0.15, 0.2) is 6.10 Å². The first-order valence-corrected chi connectivity index (χ1v) is 27.0. The van der Waals surface area contributed by atoms with Gasteiger partial charge in [-0.3, -0.25) is 38.1 Å². The normalized spacial score (nSPS) is 25.0. The highest BCUT2D eigenvalue weighted by Gasteiger charge is 2.47. The lowest BCUT2D eigenvalue weighted by Gasteiger charge is -2.44. The summed E-state index contributed by atoms with van der Waals surface area (Å²) in [6, 6.07) is 4.44. The van der Waals surface area contributed by atoms with Crippen molar-refractivity contribution in [2.24, 2.45) is 17.6 Å². The molecule has 2 aliphatic heterocycles. The molecule has 4 rings (SSSR count). The number of carbonyl (C=O) groups is 8. The van der Waals surface area contributed by atoms with E-state index >= 15 is 0 Å². The Morgan fingerprint density at radius 1 is 0.868 bits per heavy atom. The van der Waals surface area contributed by atoms with Gasteiger partial charge in [-0.2, -0.15) is 8.42 Å². The van der Waals surface area contributed by atoms with Gasteiger partial charge >= 0.3 is 16.4 Å². The molecule has 2 fully saturated rings. The molecule has 12 atom stereocenters. The van der Waals surface area contributed by atoms with Gasteiger partial charge in [0.2, 0.25) is 35.4 Å². The van der Waals surface area contributed by atoms with E-state index < -0.39 is 137 Å². The van der Waals surface area contributed by atoms with Crippen molar-refractivity contribution in [3.05, 3.63) is 65.7 Å². The van der Waals surface area contributed by atoms with Crippen molar-refractivity contribution in [1.29, 1.82) is 0 Å². The number of nitrogens with one attached hydrogen (secondary N) is 5. The van der Waals surface area contributed by atoms with Crippen LogP contribution >= 0.6 is 0 Å². The topological polar surface area (TPSA) is 352 Å². The number of hydrogen-bond acceptors (Lipinski definition) is 16. The Bertz CT molecular complexity index is 2420. The van der Waals surface area contributed by atoms with Crippen molar-refractivity contribution in [3.63, 3.8) is 0 Å². The fraction of sp³-hybridized carbons (Fsp3) is 0.608. The maximum atomic E-state index is 15.0. The lowest BCUT2D eigenvalue weighted by molar-refractivity contribution is -0.168. The number of phenols is 1. The molecule has 2 aromatic carbocycles. The first-order valence-electron chi connectivity index (χ1n) is 25.6. The van der Waals surface area contributed by atoms with Crippen LogP contribution in [0.2, 0.25) is 0 Å². The standard InChI is InChI=1S/C51H76N8O16S/c1-8-29(3)41-51(69)75-31(5)42(57-45(63)36(23-20-32-18-21-34(60)22-19-32)53-47(65)39(73-7)28-74-76(70,71)72)48(66)54-35(17-13-14-26-52)44(62)55-37-24-25-40(61)59(49(37)67)43(30(4)9-2)50(68)58(6)38(46(64)56-41)27-33-15-11-10-12-16-33/h10-12,15-16,18-19,21-22,29-31,35-43,60-61H,8-9,13-14,17,20,23-28,52H2,1-7H3,(H,53,65)(H,54,66)(H,55,62)(H,56,64)(H,57,63)(H,70,71,72)/t29?,30?,31-,35?,36-,37+,38+,39-,40-,41+,42?,43?/m1/s1. The Hall–Kier alpha value is -6.25. The first kappa shape index (κ1) is 62.3. The number of rotatable bonds is 21. The number of methoxy groups -OCH3 is 1. The molecule has 25 heteroatoms.